The van der Waals surface area contributed by atoms with Crippen LogP contribution in [0.1, 0.15) is 18.4 Å². The van der Waals surface area contributed by atoms with Gasteiger partial charge >= 0.3 is 17.9 Å². The second-order valence-corrected chi connectivity index (χ2v) is 5.95. The quantitative estimate of drug-likeness (QED) is 0.260. The molecule has 1 aromatic carbocycles. The minimum Gasteiger partial charge on any atom is -0.481 e. The van der Waals surface area contributed by atoms with E-state index in [-0.39, 0.29) is 6.42 Å². The van der Waals surface area contributed by atoms with Crippen LogP contribution in [0, 0.1) is 0 Å². The summed E-state index contributed by atoms with van der Waals surface area (Å²) >= 11 is 0. The fourth-order valence-corrected chi connectivity index (χ4v) is 2.27. The molecule has 1 rings (SSSR count). The van der Waals surface area contributed by atoms with Crippen LogP contribution in [-0.4, -0.2) is 63.2 Å². The lowest BCUT2D eigenvalue weighted by Gasteiger charge is -2.21. The summed E-state index contributed by atoms with van der Waals surface area (Å²) in [5, 5.41) is 31.1. The van der Waals surface area contributed by atoms with Gasteiger partial charge in [-0.3, -0.25) is 19.2 Å². The van der Waals surface area contributed by atoms with Gasteiger partial charge in [0.15, 0.2) is 0 Å². The average molecular weight is 395 g/mol. The Morgan fingerprint density at radius 3 is 1.86 bits per heavy atom. The molecule has 0 aliphatic carbocycles. The predicted molar refractivity (Wildman–Crippen MR) is 94.1 cm³/mol. The number of rotatable bonds is 11. The Bertz CT molecular complexity index is 737. The predicted octanol–water partition coefficient (Wildman–Crippen LogP) is -1.44. The number of carboxylic acid groups (broad SMARTS) is 3. The van der Waals surface area contributed by atoms with Gasteiger partial charge in [-0.05, 0) is 5.56 Å². The molecule has 0 radical (unpaired) electrons. The van der Waals surface area contributed by atoms with Crippen molar-refractivity contribution in [2.75, 3.05) is 0 Å². The van der Waals surface area contributed by atoms with Gasteiger partial charge in [-0.1, -0.05) is 30.3 Å². The van der Waals surface area contributed by atoms with Gasteiger partial charge in [-0.15, -0.1) is 0 Å². The Labute approximate surface area is 159 Å². The van der Waals surface area contributed by atoms with Gasteiger partial charge in [0, 0.05) is 6.42 Å². The number of aliphatic carboxylic acids is 3. The van der Waals surface area contributed by atoms with E-state index in [0.717, 1.165) is 0 Å². The molecular weight excluding hydrogens is 374 g/mol. The summed E-state index contributed by atoms with van der Waals surface area (Å²) in [5.41, 5.74) is 6.01. The molecule has 0 aliphatic heterocycles. The van der Waals surface area contributed by atoms with Crippen LogP contribution in [0.5, 0.6) is 0 Å². The molecule has 0 spiro atoms. The minimum atomic E-state index is -1.62. The summed E-state index contributed by atoms with van der Waals surface area (Å²) < 4.78 is 0. The number of amides is 2. The molecular formula is C17H21N3O8. The van der Waals surface area contributed by atoms with Crippen molar-refractivity contribution in [2.24, 2.45) is 5.73 Å². The highest BCUT2D eigenvalue weighted by atomic mass is 16.4. The largest absolute Gasteiger partial charge is 0.481 e. The maximum Gasteiger partial charge on any atom is 0.326 e. The van der Waals surface area contributed by atoms with Gasteiger partial charge < -0.3 is 31.7 Å². The van der Waals surface area contributed by atoms with E-state index in [2.05, 4.69) is 5.32 Å². The first-order valence-electron chi connectivity index (χ1n) is 8.16. The third-order valence-corrected chi connectivity index (χ3v) is 3.64. The van der Waals surface area contributed by atoms with Gasteiger partial charge in [0.25, 0.3) is 0 Å². The molecule has 0 saturated heterocycles. The van der Waals surface area contributed by atoms with Crippen LogP contribution in [0.15, 0.2) is 30.3 Å². The van der Waals surface area contributed by atoms with E-state index in [1.54, 1.807) is 30.3 Å². The molecule has 11 nitrogen and oxygen atoms in total. The fraction of sp³-hybridized carbons (Fsp3) is 0.353. The smallest absolute Gasteiger partial charge is 0.326 e. The maximum atomic E-state index is 12.4. The monoisotopic (exact) mass is 395 g/mol. The van der Waals surface area contributed by atoms with Crippen LogP contribution in [0.25, 0.3) is 0 Å². The van der Waals surface area contributed by atoms with E-state index >= 15 is 0 Å². The molecule has 0 aromatic heterocycles. The summed E-state index contributed by atoms with van der Waals surface area (Å²) in [6.45, 7) is 0. The summed E-state index contributed by atoms with van der Waals surface area (Å²) in [6.07, 6.45) is -1.62. The Morgan fingerprint density at radius 2 is 1.36 bits per heavy atom. The number of hydrogen-bond acceptors (Lipinski definition) is 6. The molecule has 28 heavy (non-hydrogen) atoms. The van der Waals surface area contributed by atoms with E-state index in [1.165, 1.54) is 0 Å². The van der Waals surface area contributed by atoms with Gasteiger partial charge in [-0.2, -0.15) is 0 Å². The zero-order valence-corrected chi connectivity index (χ0v) is 14.7. The van der Waals surface area contributed by atoms with Crippen molar-refractivity contribution in [2.45, 2.75) is 37.4 Å². The summed E-state index contributed by atoms with van der Waals surface area (Å²) in [4.78, 5) is 57.3. The van der Waals surface area contributed by atoms with Crippen molar-refractivity contribution < 1.29 is 39.3 Å². The molecule has 11 heteroatoms. The molecule has 3 unspecified atom stereocenters. The number of hydrogen-bond donors (Lipinski definition) is 6. The summed E-state index contributed by atoms with van der Waals surface area (Å²) in [6, 6.07) is 3.93. The summed E-state index contributed by atoms with van der Waals surface area (Å²) in [5.74, 6) is -6.21. The van der Waals surface area contributed by atoms with E-state index in [0.29, 0.717) is 5.56 Å². The molecule has 2 amide bonds. The average Bonchev–Trinajstić information content (AvgIpc) is 2.60. The zero-order chi connectivity index (χ0) is 21.3. The van der Waals surface area contributed by atoms with Crippen LogP contribution in [-0.2, 0) is 30.4 Å². The molecule has 3 atom stereocenters. The zero-order valence-electron chi connectivity index (χ0n) is 14.7. The molecule has 0 fully saturated rings. The van der Waals surface area contributed by atoms with Crippen LogP contribution in [0.3, 0.4) is 0 Å². The minimum absolute atomic E-state index is 0.0613. The van der Waals surface area contributed by atoms with Gasteiger partial charge in [-0.25, -0.2) is 4.79 Å². The van der Waals surface area contributed by atoms with Crippen molar-refractivity contribution in [1.29, 1.82) is 0 Å². The normalized spacial score (nSPS) is 13.6. The molecule has 7 N–H and O–H groups in total. The van der Waals surface area contributed by atoms with E-state index in [1.807, 2.05) is 5.32 Å². The maximum absolute atomic E-state index is 12.4. The number of nitrogens with two attached hydrogens (primary N) is 1. The van der Waals surface area contributed by atoms with Crippen LogP contribution >= 0.6 is 0 Å². The first kappa shape index (κ1) is 22.6. The molecule has 152 valence electrons. The topological polar surface area (TPSA) is 196 Å². The lowest BCUT2D eigenvalue weighted by molar-refractivity contribution is -0.144. The Hall–Kier alpha value is -3.47. The number of carbonyl (C=O) groups excluding carboxylic acids is 2. The Balaban J connectivity index is 2.86. The third kappa shape index (κ3) is 7.83. The SMILES string of the molecule is NC(CC(=O)O)C(=O)NC(CC(=O)O)C(=O)NC(Cc1ccccc1)C(=O)O. The fourth-order valence-electron chi connectivity index (χ4n) is 2.27. The van der Waals surface area contributed by atoms with Crippen molar-refractivity contribution in [3.8, 4) is 0 Å². The van der Waals surface area contributed by atoms with Crippen LogP contribution in [0.4, 0.5) is 0 Å². The summed E-state index contributed by atoms with van der Waals surface area (Å²) in [7, 11) is 0. The highest BCUT2D eigenvalue weighted by molar-refractivity contribution is 5.94. The Kier molecular flexibility index (Phi) is 8.56. The van der Waals surface area contributed by atoms with Crippen molar-refractivity contribution in [3.05, 3.63) is 35.9 Å². The first-order chi connectivity index (χ1) is 13.1. The number of carbonyl (C=O) groups is 5. The number of benzene rings is 1. The third-order valence-electron chi connectivity index (χ3n) is 3.64. The number of nitrogens with one attached hydrogen (secondary N) is 2. The van der Waals surface area contributed by atoms with E-state index in [4.69, 9.17) is 15.9 Å². The van der Waals surface area contributed by atoms with E-state index in [9.17, 15) is 29.1 Å². The van der Waals surface area contributed by atoms with Crippen molar-refractivity contribution >= 4 is 29.7 Å². The van der Waals surface area contributed by atoms with Gasteiger partial charge in [0.2, 0.25) is 11.8 Å². The highest BCUT2D eigenvalue weighted by Gasteiger charge is 2.30. The lowest BCUT2D eigenvalue weighted by Crippen LogP contribution is -2.55. The molecule has 0 bridgehead atoms. The van der Waals surface area contributed by atoms with Crippen molar-refractivity contribution in [1.82, 2.24) is 10.6 Å². The van der Waals surface area contributed by atoms with Crippen LogP contribution in [0.2, 0.25) is 0 Å². The molecule has 1 aromatic rings. The number of carboxylic acids is 3. The second-order valence-electron chi connectivity index (χ2n) is 5.95. The Morgan fingerprint density at radius 1 is 0.821 bits per heavy atom. The van der Waals surface area contributed by atoms with Gasteiger partial charge in [0.1, 0.15) is 12.1 Å². The first-order valence-corrected chi connectivity index (χ1v) is 8.16. The standard InChI is InChI=1S/C17H21N3O8/c18-10(7-13(21)22)15(25)19-11(8-14(23)24)16(26)20-12(17(27)28)6-9-4-2-1-3-5-9/h1-5,10-12H,6-8,18H2,(H,19,25)(H,20,26)(H,21,22)(H,23,24)(H,27,28). The second kappa shape index (κ2) is 10.6. The van der Waals surface area contributed by atoms with Crippen molar-refractivity contribution in [3.63, 3.8) is 0 Å². The molecule has 0 aliphatic rings. The highest BCUT2D eigenvalue weighted by Crippen LogP contribution is 2.05. The lowest BCUT2D eigenvalue weighted by atomic mass is 10.0. The van der Waals surface area contributed by atoms with Gasteiger partial charge in [0.05, 0.1) is 18.9 Å². The van der Waals surface area contributed by atoms with E-state index < -0.39 is 60.7 Å². The molecule has 0 heterocycles. The molecule has 0 saturated carbocycles. The van der Waals surface area contributed by atoms with Crippen LogP contribution < -0.4 is 16.4 Å².